The molecule has 222 valence electrons. The highest BCUT2D eigenvalue weighted by Crippen LogP contribution is 2.39. The summed E-state index contributed by atoms with van der Waals surface area (Å²) in [5.74, 6) is 3.14. The van der Waals surface area contributed by atoms with E-state index < -0.39 is 0 Å². The number of piperidine rings is 1. The molecule has 0 bridgehead atoms. The van der Waals surface area contributed by atoms with E-state index in [1.807, 2.05) is 45.0 Å². The number of pyridine rings is 1. The molecule has 0 unspecified atom stereocenters. The minimum absolute atomic E-state index is 0.242. The van der Waals surface area contributed by atoms with Crippen LogP contribution in [0.15, 0.2) is 60.9 Å². The zero-order chi connectivity index (χ0) is 29.9. The average Bonchev–Trinajstić information content (AvgIpc) is 3.03. The standard InChI is InChI=1S/C33H37N7O3/c1-5-43-28-17-24(23-13-15-34-16-14-23)9-11-27(28)37-32-36-18-25-20-39(30-21(2)7-6-8-22(30)3)33(41)40(31(25)38-32)29-12-10-26(42-4)19-35-29/h6-12,17-19,23,34H,5,13-16,20H2,1-4H3,(H,36,37,38). The summed E-state index contributed by atoms with van der Waals surface area (Å²) < 4.78 is 11.4. The van der Waals surface area contributed by atoms with Crippen molar-refractivity contribution < 1.29 is 14.3 Å². The molecule has 0 aliphatic carbocycles. The highest BCUT2D eigenvalue weighted by atomic mass is 16.5. The molecule has 4 aromatic rings. The van der Waals surface area contributed by atoms with E-state index >= 15 is 0 Å². The Balaban J connectivity index is 1.38. The highest BCUT2D eigenvalue weighted by molar-refractivity contribution is 6.10. The minimum atomic E-state index is -0.242. The number of para-hydroxylation sites is 1. The number of nitrogens with one attached hydrogen (secondary N) is 2. The second-order valence-corrected chi connectivity index (χ2v) is 10.9. The molecule has 43 heavy (non-hydrogen) atoms. The van der Waals surface area contributed by atoms with Gasteiger partial charge in [-0.1, -0.05) is 24.3 Å². The Morgan fingerprint density at radius 2 is 1.81 bits per heavy atom. The van der Waals surface area contributed by atoms with E-state index in [-0.39, 0.29) is 6.03 Å². The summed E-state index contributed by atoms with van der Waals surface area (Å²) in [6.45, 7) is 8.92. The minimum Gasteiger partial charge on any atom is -0.495 e. The monoisotopic (exact) mass is 579 g/mol. The fourth-order valence-corrected chi connectivity index (χ4v) is 5.90. The van der Waals surface area contributed by atoms with E-state index in [4.69, 9.17) is 14.5 Å². The number of anilines is 5. The Labute approximate surface area is 252 Å². The number of benzene rings is 2. The normalized spacial score (nSPS) is 15.3. The third-order valence-corrected chi connectivity index (χ3v) is 8.06. The molecular formula is C33H37N7O3. The molecule has 4 heterocycles. The van der Waals surface area contributed by atoms with Gasteiger partial charge in [-0.05, 0) is 93.6 Å². The molecule has 2 aliphatic rings. The molecule has 0 radical (unpaired) electrons. The van der Waals surface area contributed by atoms with E-state index in [1.165, 1.54) is 5.56 Å². The molecule has 0 spiro atoms. The first-order valence-corrected chi connectivity index (χ1v) is 14.7. The highest BCUT2D eigenvalue weighted by Gasteiger charge is 2.36. The number of nitrogens with zero attached hydrogens (tertiary/aromatic N) is 5. The summed E-state index contributed by atoms with van der Waals surface area (Å²) >= 11 is 0. The molecule has 0 saturated carbocycles. The van der Waals surface area contributed by atoms with Crippen LogP contribution in [0.5, 0.6) is 11.5 Å². The van der Waals surface area contributed by atoms with Gasteiger partial charge in [-0.2, -0.15) is 4.98 Å². The molecule has 2 amide bonds. The molecule has 2 N–H and O–H groups in total. The zero-order valence-electron chi connectivity index (χ0n) is 25.1. The largest absolute Gasteiger partial charge is 0.495 e. The maximum atomic E-state index is 14.2. The van der Waals surface area contributed by atoms with Crippen molar-refractivity contribution in [3.05, 3.63) is 83.2 Å². The third-order valence-electron chi connectivity index (χ3n) is 8.06. The average molecular weight is 580 g/mol. The van der Waals surface area contributed by atoms with Crippen molar-refractivity contribution in [3.8, 4) is 11.5 Å². The number of rotatable bonds is 8. The Kier molecular flexibility index (Phi) is 8.11. The number of amides is 2. The number of hydrogen-bond donors (Lipinski definition) is 2. The number of carbonyl (C=O) groups is 1. The summed E-state index contributed by atoms with van der Waals surface area (Å²) in [4.78, 5) is 31.6. The predicted octanol–water partition coefficient (Wildman–Crippen LogP) is 6.38. The lowest BCUT2D eigenvalue weighted by Gasteiger charge is -2.36. The van der Waals surface area contributed by atoms with Crippen LogP contribution in [0.4, 0.5) is 33.8 Å². The number of hydrogen-bond acceptors (Lipinski definition) is 8. The smallest absolute Gasteiger partial charge is 0.336 e. The SMILES string of the molecule is CCOc1cc(C2CCNCC2)ccc1Nc1ncc2c(n1)N(c1ccc(OC)cn1)C(=O)N(c1c(C)cccc1C)C2. The first-order valence-electron chi connectivity index (χ1n) is 14.7. The van der Waals surface area contributed by atoms with Crippen LogP contribution < -0.4 is 29.9 Å². The third kappa shape index (κ3) is 5.70. The van der Waals surface area contributed by atoms with Crippen LogP contribution >= 0.6 is 0 Å². The van der Waals surface area contributed by atoms with E-state index in [0.717, 1.165) is 59.7 Å². The van der Waals surface area contributed by atoms with Crippen molar-refractivity contribution in [2.75, 3.05) is 41.9 Å². The van der Waals surface area contributed by atoms with Crippen LogP contribution in [-0.4, -0.2) is 47.8 Å². The maximum Gasteiger partial charge on any atom is 0.336 e. The Morgan fingerprint density at radius 3 is 2.51 bits per heavy atom. The molecular weight excluding hydrogens is 542 g/mol. The first-order chi connectivity index (χ1) is 21.0. The molecule has 10 nitrogen and oxygen atoms in total. The summed E-state index contributed by atoms with van der Waals surface area (Å²) in [7, 11) is 1.58. The predicted molar refractivity (Wildman–Crippen MR) is 168 cm³/mol. The van der Waals surface area contributed by atoms with Gasteiger partial charge in [0.15, 0.2) is 5.82 Å². The number of methoxy groups -OCH3 is 1. The summed E-state index contributed by atoms with van der Waals surface area (Å²) in [5.41, 5.74) is 5.74. The van der Waals surface area contributed by atoms with Crippen molar-refractivity contribution in [3.63, 3.8) is 0 Å². The Bertz CT molecular complexity index is 1600. The van der Waals surface area contributed by atoms with E-state index in [1.54, 1.807) is 41.4 Å². The van der Waals surface area contributed by atoms with Crippen molar-refractivity contribution in [1.29, 1.82) is 0 Å². The maximum absolute atomic E-state index is 14.2. The van der Waals surface area contributed by atoms with E-state index in [9.17, 15) is 4.79 Å². The van der Waals surface area contributed by atoms with Crippen LogP contribution in [0, 0.1) is 13.8 Å². The number of ether oxygens (including phenoxy) is 2. The summed E-state index contributed by atoms with van der Waals surface area (Å²) in [6, 6.07) is 15.6. The van der Waals surface area contributed by atoms with Crippen LogP contribution in [0.25, 0.3) is 0 Å². The molecule has 2 aromatic carbocycles. The molecule has 2 aromatic heterocycles. The molecule has 1 saturated heterocycles. The van der Waals surface area contributed by atoms with Gasteiger partial charge in [-0.3, -0.25) is 4.90 Å². The van der Waals surface area contributed by atoms with Gasteiger partial charge in [0.05, 0.1) is 37.8 Å². The van der Waals surface area contributed by atoms with Gasteiger partial charge in [0.25, 0.3) is 0 Å². The fraction of sp³-hybridized carbons (Fsp3) is 0.333. The molecule has 2 aliphatic heterocycles. The van der Waals surface area contributed by atoms with Gasteiger partial charge in [-0.15, -0.1) is 0 Å². The van der Waals surface area contributed by atoms with Crippen molar-refractivity contribution in [2.45, 2.75) is 46.1 Å². The lowest BCUT2D eigenvalue weighted by Crippen LogP contribution is -2.46. The number of fused-ring (bicyclic) bond motifs is 1. The second kappa shape index (κ2) is 12.3. The number of aryl methyl sites for hydroxylation is 2. The van der Waals surface area contributed by atoms with Crippen molar-refractivity contribution in [1.82, 2.24) is 20.3 Å². The Morgan fingerprint density at radius 1 is 1.02 bits per heavy atom. The lowest BCUT2D eigenvalue weighted by atomic mass is 9.90. The number of aromatic nitrogens is 3. The molecule has 10 heteroatoms. The van der Waals surface area contributed by atoms with Gasteiger partial charge in [-0.25, -0.2) is 19.7 Å². The van der Waals surface area contributed by atoms with Gasteiger partial charge in [0.2, 0.25) is 5.95 Å². The van der Waals surface area contributed by atoms with Gasteiger partial charge in [0, 0.05) is 11.8 Å². The molecule has 0 atom stereocenters. The second-order valence-electron chi connectivity index (χ2n) is 10.9. The Hall–Kier alpha value is -4.70. The van der Waals surface area contributed by atoms with Crippen LogP contribution in [0.3, 0.4) is 0 Å². The van der Waals surface area contributed by atoms with E-state index in [0.29, 0.717) is 42.4 Å². The fourth-order valence-electron chi connectivity index (χ4n) is 5.90. The van der Waals surface area contributed by atoms with Gasteiger partial charge < -0.3 is 20.1 Å². The van der Waals surface area contributed by atoms with Crippen molar-refractivity contribution >= 4 is 35.0 Å². The molecule has 6 rings (SSSR count). The zero-order valence-corrected chi connectivity index (χ0v) is 25.1. The number of carbonyl (C=O) groups excluding carboxylic acids is 1. The topological polar surface area (TPSA) is 105 Å². The lowest BCUT2D eigenvalue weighted by molar-refractivity contribution is 0.252. The number of urea groups is 1. The van der Waals surface area contributed by atoms with E-state index in [2.05, 4.69) is 32.7 Å². The van der Waals surface area contributed by atoms with Gasteiger partial charge >= 0.3 is 6.03 Å². The summed E-state index contributed by atoms with van der Waals surface area (Å²) in [6.07, 6.45) is 5.58. The van der Waals surface area contributed by atoms with Crippen molar-refractivity contribution in [2.24, 2.45) is 0 Å². The first kappa shape index (κ1) is 28.4. The summed E-state index contributed by atoms with van der Waals surface area (Å²) in [5, 5.41) is 6.79. The van der Waals surface area contributed by atoms with Crippen LogP contribution in [0.1, 0.15) is 47.9 Å². The van der Waals surface area contributed by atoms with Crippen LogP contribution in [0.2, 0.25) is 0 Å². The van der Waals surface area contributed by atoms with Gasteiger partial charge in [0.1, 0.15) is 17.3 Å². The molecule has 1 fully saturated rings. The quantitative estimate of drug-likeness (QED) is 0.248. The van der Waals surface area contributed by atoms with Crippen LogP contribution in [-0.2, 0) is 6.54 Å².